The molecule has 1 aliphatic rings. The van der Waals surface area contributed by atoms with Crippen LogP contribution in [0, 0.1) is 0 Å². The van der Waals surface area contributed by atoms with Crippen molar-refractivity contribution in [2.24, 2.45) is 0 Å². The summed E-state index contributed by atoms with van der Waals surface area (Å²) >= 11 is 0. The van der Waals surface area contributed by atoms with Crippen LogP contribution in [0.25, 0.3) is 5.69 Å². The quantitative estimate of drug-likeness (QED) is 0.375. The van der Waals surface area contributed by atoms with Crippen LogP contribution in [-0.2, 0) is 16.4 Å². The van der Waals surface area contributed by atoms with E-state index in [0.717, 1.165) is 23.3 Å². The van der Waals surface area contributed by atoms with Gasteiger partial charge in [0.25, 0.3) is 11.8 Å². The summed E-state index contributed by atoms with van der Waals surface area (Å²) in [7, 11) is 1.72. The van der Waals surface area contributed by atoms with Crippen LogP contribution in [0.15, 0.2) is 54.9 Å². The van der Waals surface area contributed by atoms with Gasteiger partial charge in [-0.3, -0.25) is 14.5 Å². The van der Waals surface area contributed by atoms with Gasteiger partial charge in [-0.25, -0.2) is 8.42 Å². The smallest absolute Gasteiger partial charge is 0.263 e. The van der Waals surface area contributed by atoms with E-state index in [2.05, 4.69) is 0 Å². The highest BCUT2D eigenvalue weighted by Crippen LogP contribution is 2.36. The van der Waals surface area contributed by atoms with E-state index in [0.29, 0.717) is 29.4 Å². The van der Waals surface area contributed by atoms with Crippen LogP contribution in [0.1, 0.15) is 44.0 Å². The molecule has 1 atom stereocenters. The van der Waals surface area contributed by atoms with Crippen molar-refractivity contribution in [3.05, 3.63) is 77.1 Å². The van der Waals surface area contributed by atoms with Crippen molar-refractivity contribution in [3.8, 4) is 17.2 Å². The molecule has 37 heavy (non-hydrogen) atoms. The number of rotatable bonds is 10. The number of methoxy groups -OCH3 is 1. The number of hydrogen-bond donors (Lipinski definition) is 0. The number of amides is 2. The van der Waals surface area contributed by atoms with Crippen molar-refractivity contribution in [2.45, 2.75) is 18.7 Å². The minimum absolute atomic E-state index is 0.252. The van der Waals surface area contributed by atoms with E-state index in [-0.39, 0.29) is 17.7 Å². The third-order valence-corrected chi connectivity index (χ3v) is 7.69. The Labute approximate surface area is 217 Å². The molecular formula is C27H31N3O6S. The average molecular weight is 526 g/mol. The van der Waals surface area contributed by atoms with Crippen molar-refractivity contribution < 1.29 is 27.5 Å². The zero-order valence-corrected chi connectivity index (χ0v) is 22.4. The molecule has 196 valence electrons. The highest BCUT2D eigenvalue weighted by atomic mass is 32.2. The van der Waals surface area contributed by atoms with Gasteiger partial charge < -0.3 is 18.9 Å². The van der Waals surface area contributed by atoms with Crippen molar-refractivity contribution >= 4 is 21.7 Å². The number of carbonyl (C=O) groups is 2. The van der Waals surface area contributed by atoms with E-state index in [1.807, 2.05) is 48.9 Å². The molecule has 0 bridgehead atoms. The van der Waals surface area contributed by atoms with E-state index >= 15 is 0 Å². The number of benzene rings is 2. The van der Waals surface area contributed by atoms with Crippen LogP contribution in [-0.4, -0.2) is 75.2 Å². The number of nitrogens with zero attached hydrogens (tertiary/aromatic N) is 3. The van der Waals surface area contributed by atoms with Gasteiger partial charge in [0, 0.05) is 25.2 Å². The molecule has 4 rings (SSSR count). The zero-order valence-electron chi connectivity index (χ0n) is 21.6. The van der Waals surface area contributed by atoms with E-state index < -0.39 is 26.9 Å². The lowest BCUT2D eigenvalue weighted by Crippen LogP contribution is -2.36. The molecule has 1 unspecified atom stereocenters. The number of aromatic nitrogens is 1. The fourth-order valence-corrected chi connectivity index (χ4v) is 5.62. The van der Waals surface area contributed by atoms with Gasteiger partial charge in [-0.2, -0.15) is 0 Å². The minimum atomic E-state index is -3.71. The Morgan fingerprint density at radius 3 is 2.43 bits per heavy atom. The molecule has 0 saturated heterocycles. The summed E-state index contributed by atoms with van der Waals surface area (Å²) in [6, 6.07) is 11.9. The van der Waals surface area contributed by atoms with Crippen molar-refractivity contribution in [3.63, 3.8) is 0 Å². The summed E-state index contributed by atoms with van der Waals surface area (Å²) in [6.45, 7) is 2.58. The fourth-order valence-electron chi connectivity index (χ4n) is 4.56. The maximum atomic E-state index is 13.6. The Hall–Kier alpha value is -3.63. The van der Waals surface area contributed by atoms with Crippen LogP contribution in [0.2, 0.25) is 0 Å². The van der Waals surface area contributed by atoms with Crippen LogP contribution >= 0.6 is 0 Å². The third kappa shape index (κ3) is 5.26. The second-order valence-electron chi connectivity index (χ2n) is 9.25. The highest BCUT2D eigenvalue weighted by Gasteiger charge is 2.41. The number of carbonyl (C=O) groups excluding carboxylic acids is 2. The molecule has 1 aliphatic heterocycles. The predicted molar refractivity (Wildman–Crippen MR) is 140 cm³/mol. The standard InChI is InChI=1S/C27H31N3O6S/c1-6-36-23-14-19(10-11-22(23)35-4)24(37(5,33)34)17-30-26(31)20-8-7-9-21(25(20)27(30)32)29-13-12-18(16-29)15-28(2)3/h7-14,16,24H,6,15,17H2,1-5H3. The van der Waals surface area contributed by atoms with Gasteiger partial charge in [0.15, 0.2) is 21.3 Å². The molecule has 2 aromatic carbocycles. The van der Waals surface area contributed by atoms with Crippen LogP contribution in [0.5, 0.6) is 11.5 Å². The van der Waals surface area contributed by atoms with E-state index in [4.69, 9.17) is 9.47 Å². The summed E-state index contributed by atoms with van der Waals surface area (Å²) in [5.41, 5.74) is 2.54. The van der Waals surface area contributed by atoms with Crippen LogP contribution in [0.3, 0.4) is 0 Å². The van der Waals surface area contributed by atoms with Crippen LogP contribution in [0.4, 0.5) is 0 Å². The molecule has 3 aromatic rings. The van der Waals surface area contributed by atoms with Gasteiger partial charge in [0.05, 0.1) is 37.1 Å². The fraction of sp³-hybridized carbons (Fsp3) is 0.333. The first-order valence-electron chi connectivity index (χ1n) is 11.9. The second-order valence-corrected chi connectivity index (χ2v) is 11.5. The van der Waals surface area contributed by atoms with Gasteiger partial charge in [0.2, 0.25) is 0 Å². The molecule has 0 N–H and O–H groups in total. The Kier molecular flexibility index (Phi) is 7.42. The summed E-state index contributed by atoms with van der Waals surface area (Å²) in [5.74, 6) is -0.189. The summed E-state index contributed by atoms with van der Waals surface area (Å²) < 4.78 is 38.5. The lowest BCUT2D eigenvalue weighted by Gasteiger charge is -2.22. The zero-order chi connectivity index (χ0) is 26.9. The molecule has 0 spiro atoms. The Morgan fingerprint density at radius 2 is 1.78 bits per heavy atom. The third-order valence-electron chi connectivity index (χ3n) is 6.23. The molecule has 0 aliphatic carbocycles. The maximum Gasteiger partial charge on any atom is 0.263 e. The SMILES string of the molecule is CCOc1cc(C(CN2C(=O)c3cccc(-n4ccc(CN(C)C)c4)c3C2=O)S(C)(=O)=O)ccc1OC. The van der Waals surface area contributed by atoms with Crippen LogP contribution < -0.4 is 9.47 Å². The lowest BCUT2D eigenvalue weighted by atomic mass is 10.1. The van der Waals surface area contributed by atoms with E-state index in [1.54, 1.807) is 36.4 Å². The van der Waals surface area contributed by atoms with Crippen molar-refractivity contribution in [1.82, 2.24) is 14.4 Å². The van der Waals surface area contributed by atoms with Gasteiger partial charge >= 0.3 is 0 Å². The van der Waals surface area contributed by atoms with Gasteiger partial charge in [-0.15, -0.1) is 0 Å². The number of imide groups is 1. The highest BCUT2D eigenvalue weighted by molar-refractivity contribution is 7.91. The first kappa shape index (κ1) is 26.4. The van der Waals surface area contributed by atoms with E-state index in [9.17, 15) is 18.0 Å². The lowest BCUT2D eigenvalue weighted by molar-refractivity contribution is 0.0654. The number of hydrogen-bond acceptors (Lipinski definition) is 7. The first-order valence-corrected chi connectivity index (χ1v) is 13.8. The van der Waals surface area contributed by atoms with Crippen molar-refractivity contribution in [2.75, 3.05) is 40.6 Å². The molecule has 0 fully saturated rings. The minimum Gasteiger partial charge on any atom is -0.493 e. The van der Waals surface area contributed by atoms with E-state index in [1.165, 1.54) is 7.11 Å². The topological polar surface area (TPSA) is 98.1 Å². The Balaban J connectivity index is 1.70. The molecule has 0 saturated carbocycles. The maximum absolute atomic E-state index is 13.6. The Bertz CT molecular complexity index is 1440. The second kappa shape index (κ2) is 10.4. The summed E-state index contributed by atoms with van der Waals surface area (Å²) in [5, 5.41) is -1.14. The predicted octanol–water partition coefficient (Wildman–Crippen LogP) is 3.33. The summed E-state index contributed by atoms with van der Waals surface area (Å²) in [4.78, 5) is 30.0. The normalized spacial score (nSPS) is 14.3. The molecule has 0 radical (unpaired) electrons. The average Bonchev–Trinajstić information content (AvgIpc) is 3.39. The number of fused-ring (bicyclic) bond motifs is 1. The number of ether oxygens (including phenoxy) is 2. The molecule has 10 heteroatoms. The van der Waals surface area contributed by atoms with Gasteiger partial charge in [-0.1, -0.05) is 12.1 Å². The first-order chi connectivity index (χ1) is 17.5. The Morgan fingerprint density at radius 1 is 1.03 bits per heavy atom. The number of sulfone groups is 1. The monoisotopic (exact) mass is 525 g/mol. The molecule has 2 heterocycles. The molecule has 1 aromatic heterocycles. The largest absolute Gasteiger partial charge is 0.493 e. The summed E-state index contributed by atoms with van der Waals surface area (Å²) in [6.07, 6.45) is 4.86. The molecular weight excluding hydrogens is 494 g/mol. The molecule has 9 nitrogen and oxygen atoms in total. The van der Waals surface area contributed by atoms with Crippen molar-refractivity contribution in [1.29, 1.82) is 0 Å². The van der Waals surface area contributed by atoms with Gasteiger partial charge in [-0.05, 0) is 62.5 Å². The molecule has 2 amide bonds. The van der Waals surface area contributed by atoms with Gasteiger partial charge in [0.1, 0.15) is 5.25 Å².